The molecule has 3 heteroatoms. The Morgan fingerprint density at radius 3 is 2.71 bits per heavy atom. The molecule has 3 rings (SSSR count). The van der Waals surface area contributed by atoms with Gasteiger partial charge in [-0.25, -0.2) is 4.39 Å². The van der Waals surface area contributed by atoms with Crippen molar-refractivity contribution in [2.75, 3.05) is 18.0 Å². The maximum atomic E-state index is 13.0. The second-order valence-electron chi connectivity index (χ2n) is 5.08. The lowest BCUT2D eigenvalue weighted by Gasteiger charge is -2.46. The fourth-order valence-electron chi connectivity index (χ4n) is 3.21. The van der Waals surface area contributed by atoms with Crippen LogP contribution in [0.3, 0.4) is 0 Å². The van der Waals surface area contributed by atoms with Crippen molar-refractivity contribution < 1.29 is 4.39 Å². The van der Waals surface area contributed by atoms with E-state index in [0.29, 0.717) is 12.1 Å². The minimum Gasteiger partial charge on any atom is -0.366 e. The number of rotatable bonds is 1. The van der Waals surface area contributed by atoms with Gasteiger partial charge in [0.25, 0.3) is 0 Å². The van der Waals surface area contributed by atoms with E-state index in [1.165, 1.54) is 31.4 Å². The molecule has 17 heavy (non-hydrogen) atoms. The highest BCUT2D eigenvalue weighted by Gasteiger charge is 2.32. The molecule has 1 saturated carbocycles. The van der Waals surface area contributed by atoms with E-state index in [1.807, 2.05) is 12.1 Å². The Bertz CT molecular complexity index is 374. The van der Waals surface area contributed by atoms with E-state index in [9.17, 15) is 4.39 Å². The number of hydrogen-bond donors (Lipinski definition) is 1. The van der Waals surface area contributed by atoms with Gasteiger partial charge >= 0.3 is 0 Å². The minimum absolute atomic E-state index is 0.149. The van der Waals surface area contributed by atoms with Gasteiger partial charge in [-0.3, -0.25) is 0 Å². The zero-order chi connectivity index (χ0) is 11.7. The zero-order valence-corrected chi connectivity index (χ0v) is 10.0. The quantitative estimate of drug-likeness (QED) is 0.803. The lowest BCUT2D eigenvalue weighted by Crippen LogP contribution is -2.59. The second kappa shape index (κ2) is 4.65. The van der Waals surface area contributed by atoms with E-state index >= 15 is 0 Å². The molecule has 0 bridgehead atoms. The Morgan fingerprint density at radius 2 is 1.88 bits per heavy atom. The summed E-state index contributed by atoms with van der Waals surface area (Å²) in [6.07, 6.45) is 5.20. The Kier molecular flexibility index (Phi) is 3.02. The lowest BCUT2D eigenvalue weighted by molar-refractivity contribution is 0.284. The van der Waals surface area contributed by atoms with Crippen molar-refractivity contribution in [1.82, 2.24) is 5.32 Å². The average Bonchev–Trinajstić information content (AvgIpc) is 2.39. The van der Waals surface area contributed by atoms with Gasteiger partial charge in [-0.2, -0.15) is 0 Å². The van der Waals surface area contributed by atoms with Crippen molar-refractivity contribution in [3.8, 4) is 0 Å². The van der Waals surface area contributed by atoms with Crippen LogP contribution in [0.15, 0.2) is 24.3 Å². The van der Waals surface area contributed by atoms with Crippen LogP contribution in [0.2, 0.25) is 0 Å². The number of anilines is 1. The van der Waals surface area contributed by atoms with Crippen molar-refractivity contribution in [3.63, 3.8) is 0 Å². The molecule has 0 spiro atoms. The molecule has 2 unspecified atom stereocenters. The van der Waals surface area contributed by atoms with Gasteiger partial charge in [0.2, 0.25) is 0 Å². The second-order valence-corrected chi connectivity index (χ2v) is 5.08. The molecule has 1 aliphatic heterocycles. The van der Waals surface area contributed by atoms with Gasteiger partial charge in [0.05, 0.1) is 0 Å². The summed E-state index contributed by atoms with van der Waals surface area (Å²) in [6.45, 7) is 2.07. The van der Waals surface area contributed by atoms with E-state index in [1.54, 1.807) is 12.1 Å². The molecule has 0 radical (unpaired) electrons. The summed E-state index contributed by atoms with van der Waals surface area (Å²) in [6, 6.07) is 8.17. The summed E-state index contributed by atoms with van der Waals surface area (Å²) in [7, 11) is 0. The van der Waals surface area contributed by atoms with Crippen LogP contribution < -0.4 is 10.2 Å². The van der Waals surface area contributed by atoms with Crippen LogP contribution >= 0.6 is 0 Å². The standard InChI is InChI=1S/C14H19FN2/c15-11-5-7-12(8-6-11)17-10-9-16-13-3-1-2-4-14(13)17/h5-8,13-14,16H,1-4,9-10H2. The average molecular weight is 234 g/mol. The van der Waals surface area contributed by atoms with Gasteiger partial charge in [-0.1, -0.05) is 12.8 Å². The summed E-state index contributed by atoms with van der Waals surface area (Å²) < 4.78 is 13.0. The Morgan fingerprint density at radius 1 is 1.12 bits per heavy atom. The third-order valence-electron chi connectivity index (χ3n) is 4.05. The molecule has 2 aliphatic rings. The number of halogens is 1. The Balaban J connectivity index is 1.83. The molecular weight excluding hydrogens is 215 g/mol. The Labute approximate surface area is 102 Å². The first-order chi connectivity index (χ1) is 8.34. The number of piperazine rings is 1. The molecule has 2 atom stereocenters. The molecule has 92 valence electrons. The fraction of sp³-hybridized carbons (Fsp3) is 0.571. The molecule has 1 aliphatic carbocycles. The van der Waals surface area contributed by atoms with Gasteiger partial charge in [-0.05, 0) is 37.1 Å². The van der Waals surface area contributed by atoms with Crippen LogP contribution in [0.4, 0.5) is 10.1 Å². The van der Waals surface area contributed by atoms with Crippen LogP contribution in [0.25, 0.3) is 0 Å². The molecular formula is C14H19FN2. The summed E-state index contributed by atoms with van der Waals surface area (Å²) in [5.41, 5.74) is 1.17. The van der Waals surface area contributed by atoms with Gasteiger partial charge in [0, 0.05) is 30.9 Å². The van der Waals surface area contributed by atoms with Gasteiger partial charge < -0.3 is 10.2 Å². The first-order valence-corrected chi connectivity index (χ1v) is 6.60. The lowest BCUT2D eigenvalue weighted by atomic mass is 9.87. The van der Waals surface area contributed by atoms with Gasteiger partial charge in [-0.15, -0.1) is 0 Å². The summed E-state index contributed by atoms with van der Waals surface area (Å²) in [5.74, 6) is -0.149. The number of benzene rings is 1. The first kappa shape index (κ1) is 11.0. The van der Waals surface area contributed by atoms with E-state index in [4.69, 9.17) is 0 Å². The van der Waals surface area contributed by atoms with E-state index in [-0.39, 0.29) is 5.82 Å². The monoisotopic (exact) mass is 234 g/mol. The van der Waals surface area contributed by atoms with Gasteiger partial charge in [0.15, 0.2) is 0 Å². The summed E-state index contributed by atoms with van der Waals surface area (Å²) >= 11 is 0. The summed E-state index contributed by atoms with van der Waals surface area (Å²) in [5, 5.41) is 3.62. The highest BCUT2D eigenvalue weighted by Crippen LogP contribution is 2.29. The van der Waals surface area contributed by atoms with Gasteiger partial charge in [0.1, 0.15) is 5.82 Å². The van der Waals surface area contributed by atoms with Crippen LogP contribution in [0, 0.1) is 5.82 Å². The van der Waals surface area contributed by atoms with Crippen LogP contribution in [-0.4, -0.2) is 25.2 Å². The van der Waals surface area contributed by atoms with Crippen LogP contribution in [-0.2, 0) is 0 Å². The minimum atomic E-state index is -0.149. The van der Waals surface area contributed by atoms with Crippen molar-refractivity contribution >= 4 is 5.69 Å². The molecule has 1 saturated heterocycles. The van der Waals surface area contributed by atoms with Crippen molar-refractivity contribution in [2.45, 2.75) is 37.8 Å². The number of fused-ring (bicyclic) bond motifs is 1. The van der Waals surface area contributed by atoms with Crippen LogP contribution in [0.1, 0.15) is 25.7 Å². The summed E-state index contributed by atoms with van der Waals surface area (Å²) in [4.78, 5) is 2.46. The van der Waals surface area contributed by atoms with E-state index in [2.05, 4.69) is 10.2 Å². The van der Waals surface area contributed by atoms with E-state index < -0.39 is 0 Å². The highest BCUT2D eigenvalue weighted by atomic mass is 19.1. The molecule has 1 aromatic rings. The topological polar surface area (TPSA) is 15.3 Å². The normalized spacial score (nSPS) is 28.9. The fourth-order valence-corrected chi connectivity index (χ4v) is 3.21. The molecule has 1 aromatic carbocycles. The SMILES string of the molecule is Fc1ccc(N2CCNC3CCCCC32)cc1. The predicted molar refractivity (Wildman–Crippen MR) is 67.8 cm³/mol. The van der Waals surface area contributed by atoms with Crippen molar-refractivity contribution in [2.24, 2.45) is 0 Å². The van der Waals surface area contributed by atoms with Crippen molar-refractivity contribution in [1.29, 1.82) is 0 Å². The molecule has 2 nitrogen and oxygen atoms in total. The maximum Gasteiger partial charge on any atom is 0.123 e. The molecule has 1 heterocycles. The Hall–Kier alpha value is -1.09. The number of nitrogens with zero attached hydrogens (tertiary/aromatic N) is 1. The maximum absolute atomic E-state index is 13.0. The smallest absolute Gasteiger partial charge is 0.123 e. The van der Waals surface area contributed by atoms with Crippen LogP contribution in [0.5, 0.6) is 0 Å². The van der Waals surface area contributed by atoms with Crippen molar-refractivity contribution in [3.05, 3.63) is 30.1 Å². The number of nitrogens with one attached hydrogen (secondary N) is 1. The first-order valence-electron chi connectivity index (χ1n) is 6.60. The predicted octanol–water partition coefficient (Wildman–Crippen LogP) is 2.55. The third kappa shape index (κ3) is 2.16. The molecule has 1 N–H and O–H groups in total. The highest BCUT2D eigenvalue weighted by molar-refractivity contribution is 5.48. The number of hydrogen-bond acceptors (Lipinski definition) is 2. The molecule has 2 fully saturated rings. The third-order valence-corrected chi connectivity index (χ3v) is 4.05. The van der Waals surface area contributed by atoms with E-state index in [0.717, 1.165) is 13.1 Å². The molecule has 0 amide bonds. The largest absolute Gasteiger partial charge is 0.366 e. The molecule has 0 aromatic heterocycles. The zero-order valence-electron chi connectivity index (χ0n) is 10.0.